The number of hydrogen-bond acceptors (Lipinski definition) is 3. The van der Waals surface area contributed by atoms with Gasteiger partial charge in [-0.25, -0.2) is 0 Å². The van der Waals surface area contributed by atoms with E-state index in [4.69, 9.17) is 0 Å². The Morgan fingerprint density at radius 1 is 1.26 bits per heavy atom. The third-order valence-corrected chi connectivity index (χ3v) is 5.36. The predicted octanol–water partition coefficient (Wildman–Crippen LogP) is 2.04. The van der Waals surface area contributed by atoms with Crippen molar-refractivity contribution >= 4 is 0 Å². The summed E-state index contributed by atoms with van der Waals surface area (Å²) in [5.74, 6) is 0.828. The third kappa shape index (κ3) is 3.93. The van der Waals surface area contributed by atoms with Crippen LogP contribution in [-0.4, -0.2) is 62.7 Å². The normalized spacial score (nSPS) is 36.0. The summed E-state index contributed by atoms with van der Waals surface area (Å²) < 4.78 is 0. The van der Waals surface area contributed by atoms with Crippen LogP contribution in [0.25, 0.3) is 0 Å². The van der Waals surface area contributed by atoms with E-state index in [-0.39, 0.29) is 0 Å². The first-order valence-electron chi connectivity index (χ1n) is 7.97. The molecule has 3 unspecified atom stereocenters. The number of nitrogens with zero attached hydrogens (tertiary/aromatic N) is 2. The average Bonchev–Trinajstić information content (AvgIpc) is 2.77. The Morgan fingerprint density at radius 3 is 2.58 bits per heavy atom. The number of rotatable bonds is 4. The maximum atomic E-state index is 3.56. The lowest BCUT2D eigenvalue weighted by molar-refractivity contribution is 0.109. The van der Waals surface area contributed by atoms with E-state index in [2.05, 4.69) is 50.1 Å². The molecule has 19 heavy (non-hydrogen) atoms. The van der Waals surface area contributed by atoms with Gasteiger partial charge in [0.15, 0.2) is 0 Å². The van der Waals surface area contributed by atoms with Crippen molar-refractivity contribution in [1.29, 1.82) is 0 Å². The fourth-order valence-electron chi connectivity index (χ4n) is 4.04. The Kier molecular flexibility index (Phi) is 4.91. The summed E-state index contributed by atoms with van der Waals surface area (Å²) in [6.45, 7) is 8.73. The molecule has 3 heteroatoms. The molecule has 0 amide bonds. The maximum absolute atomic E-state index is 3.56. The van der Waals surface area contributed by atoms with Crippen molar-refractivity contribution in [3.8, 4) is 0 Å². The summed E-state index contributed by atoms with van der Waals surface area (Å²) in [4.78, 5) is 5.08. The number of nitrogens with one attached hydrogen (secondary N) is 1. The molecule has 1 saturated heterocycles. The Hall–Kier alpha value is -0.120. The minimum atomic E-state index is 0.540. The van der Waals surface area contributed by atoms with Gasteiger partial charge in [0.25, 0.3) is 0 Å². The third-order valence-electron chi connectivity index (χ3n) is 5.36. The molecule has 0 bridgehead atoms. The molecule has 0 aromatic heterocycles. The predicted molar refractivity (Wildman–Crippen MR) is 82.5 cm³/mol. The van der Waals surface area contributed by atoms with Crippen LogP contribution in [0.15, 0.2) is 0 Å². The highest BCUT2D eigenvalue weighted by Crippen LogP contribution is 2.39. The highest BCUT2D eigenvalue weighted by Gasteiger charge is 2.36. The van der Waals surface area contributed by atoms with E-state index < -0.39 is 0 Å². The zero-order chi connectivity index (χ0) is 14.0. The summed E-state index contributed by atoms with van der Waals surface area (Å²) in [6.07, 6.45) is 5.43. The molecule has 1 heterocycles. The summed E-state index contributed by atoms with van der Waals surface area (Å²) in [5, 5.41) is 3.56. The average molecular weight is 267 g/mol. The van der Waals surface area contributed by atoms with E-state index in [1.807, 2.05) is 0 Å². The summed E-state index contributed by atoms with van der Waals surface area (Å²) in [6, 6.07) is 1.50. The molecular weight excluding hydrogens is 234 g/mol. The lowest BCUT2D eigenvalue weighted by atomic mass is 9.70. The monoisotopic (exact) mass is 267 g/mol. The summed E-state index contributed by atoms with van der Waals surface area (Å²) >= 11 is 0. The van der Waals surface area contributed by atoms with Crippen molar-refractivity contribution in [2.24, 2.45) is 11.3 Å². The topological polar surface area (TPSA) is 18.5 Å². The van der Waals surface area contributed by atoms with Gasteiger partial charge in [0, 0.05) is 25.2 Å². The molecule has 0 aromatic rings. The molecule has 2 aliphatic rings. The number of likely N-dealkylation sites (N-methyl/N-ethyl adjacent to an activating group) is 1. The molecule has 2 fully saturated rings. The van der Waals surface area contributed by atoms with Crippen molar-refractivity contribution in [3.05, 3.63) is 0 Å². The van der Waals surface area contributed by atoms with Gasteiger partial charge < -0.3 is 15.1 Å². The lowest BCUT2D eigenvalue weighted by Gasteiger charge is -2.42. The second-order valence-corrected chi connectivity index (χ2v) is 7.73. The highest BCUT2D eigenvalue weighted by atomic mass is 15.2. The highest BCUT2D eigenvalue weighted by molar-refractivity contribution is 4.91. The van der Waals surface area contributed by atoms with E-state index in [1.54, 1.807) is 0 Å². The van der Waals surface area contributed by atoms with Crippen molar-refractivity contribution in [2.45, 2.75) is 51.6 Å². The van der Waals surface area contributed by atoms with Gasteiger partial charge >= 0.3 is 0 Å². The number of likely N-dealkylation sites (tertiary alicyclic amines) is 1. The van der Waals surface area contributed by atoms with Crippen LogP contribution in [0.3, 0.4) is 0 Å². The Labute approximate surface area is 119 Å². The maximum Gasteiger partial charge on any atom is 0.0229 e. The standard InChI is InChI=1S/C16H33N3/c1-16(2)8-6-15(17-3)13(10-16)11-19-9-7-14(12-19)18(4)5/h13-15,17H,6-12H2,1-5H3. The first-order chi connectivity index (χ1) is 8.91. The quantitative estimate of drug-likeness (QED) is 0.841. The van der Waals surface area contributed by atoms with Crippen LogP contribution in [0.1, 0.15) is 39.5 Å². The van der Waals surface area contributed by atoms with Crippen LogP contribution >= 0.6 is 0 Å². The minimum absolute atomic E-state index is 0.540. The molecule has 1 aliphatic carbocycles. The SMILES string of the molecule is CNC1CCC(C)(C)CC1CN1CCC(N(C)C)C1. The minimum Gasteiger partial charge on any atom is -0.317 e. The van der Waals surface area contributed by atoms with Gasteiger partial charge in [0.05, 0.1) is 0 Å². The molecule has 2 rings (SSSR count). The van der Waals surface area contributed by atoms with Gasteiger partial charge in [-0.3, -0.25) is 0 Å². The fourth-order valence-corrected chi connectivity index (χ4v) is 4.04. The molecule has 0 spiro atoms. The van der Waals surface area contributed by atoms with Crippen molar-refractivity contribution < 1.29 is 0 Å². The van der Waals surface area contributed by atoms with Crippen LogP contribution in [0, 0.1) is 11.3 Å². The Balaban J connectivity index is 1.89. The zero-order valence-electron chi connectivity index (χ0n) is 13.6. The molecule has 0 radical (unpaired) electrons. The van der Waals surface area contributed by atoms with Crippen LogP contribution in [-0.2, 0) is 0 Å². The molecule has 1 saturated carbocycles. The summed E-state index contributed by atoms with van der Waals surface area (Å²) in [5.41, 5.74) is 0.540. The van der Waals surface area contributed by atoms with Crippen LogP contribution in [0.5, 0.6) is 0 Å². The smallest absolute Gasteiger partial charge is 0.0229 e. The van der Waals surface area contributed by atoms with Gasteiger partial charge in [-0.1, -0.05) is 13.8 Å². The second-order valence-electron chi connectivity index (χ2n) is 7.73. The van der Waals surface area contributed by atoms with Crippen molar-refractivity contribution in [3.63, 3.8) is 0 Å². The van der Waals surface area contributed by atoms with Gasteiger partial charge in [-0.15, -0.1) is 0 Å². The zero-order valence-corrected chi connectivity index (χ0v) is 13.6. The lowest BCUT2D eigenvalue weighted by Crippen LogP contribution is -2.46. The summed E-state index contributed by atoms with van der Waals surface area (Å²) in [7, 11) is 6.57. The van der Waals surface area contributed by atoms with E-state index >= 15 is 0 Å². The molecule has 1 aliphatic heterocycles. The fraction of sp³-hybridized carbons (Fsp3) is 1.00. The van der Waals surface area contributed by atoms with Crippen LogP contribution in [0.4, 0.5) is 0 Å². The van der Waals surface area contributed by atoms with E-state index in [0.717, 1.165) is 18.0 Å². The number of hydrogen-bond donors (Lipinski definition) is 1. The second kappa shape index (κ2) is 6.11. The van der Waals surface area contributed by atoms with Crippen LogP contribution in [0.2, 0.25) is 0 Å². The molecular formula is C16H33N3. The molecule has 3 atom stereocenters. The first kappa shape index (κ1) is 15.3. The van der Waals surface area contributed by atoms with E-state index in [1.165, 1.54) is 45.3 Å². The van der Waals surface area contributed by atoms with Crippen LogP contribution < -0.4 is 5.32 Å². The van der Waals surface area contributed by atoms with Gasteiger partial charge in [0.1, 0.15) is 0 Å². The van der Waals surface area contributed by atoms with Gasteiger partial charge in [-0.2, -0.15) is 0 Å². The largest absolute Gasteiger partial charge is 0.317 e. The van der Waals surface area contributed by atoms with E-state index in [0.29, 0.717) is 5.41 Å². The molecule has 1 N–H and O–H groups in total. The molecule has 3 nitrogen and oxygen atoms in total. The van der Waals surface area contributed by atoms with Gasteiger partial charge in [0.2, 0.25) is 0 Å². The molecule has 112 valence electrons. The van der Waals surface area contributed by atoms with E-state index in [9.17, 15) is 0 Å². The first-order valence-corrected chi connectivity index (χ1v) is 7.97. The Morgan fingerprint density at radius 2 is 2.00 bits per heavy atom. The molecule has 0 aromatic carbocycles. The van der Waals surface area contributed by atoms with Crippen molar-refractivity contribution in [1.82, 2.24) is 15.1 Å². The van der Waals surface area contributed by atoms with Crippen molar-refractivity contribution in [2.75, 3.05) is 40.8 Å². The Bertz CT molecular complexity index is 288. The van der Waals surface area contributed by atoms with Gasteiger partial charge in [-0.05, 0) is 64.7 Å².